The third-order valence-corrected chi connectivity index (χ3v) is 2.44. The van der Waals surface area contributed by atoms with E-state index in [1.54, 1.807) is 6.20 Å². The lowest BCUT2D eigenvalue weighted by Gasteiger charge is -2.37. The minimum Gasteiger partial charge on any atom is -0.338 e. The van der Waals surface area contributed by atoms with Crippen molar-refractivity contribution in [3.8, 4) is 0 Å². The van der Waals surface area contributed by atoms with Gasteiger partial charge in [0, 0.05) is 27.2 Å². The van der Waals surface area contributed by atoms with E-state index in [0.717, 1.165) is 31.8 Å². The van der Waals surface area contributed by atoms with Crippen LogP contribution in [0.3, 0.4) is 0 Å². The van der Waals surface area contributed by atoms with E-state index < -0.39 is 0 Å². The van der Waals surface area contributed by atoms with E-state index >= 15 is 0 Å². The lowest BCUT2D eigenvalue weighted by atomic mass is 10.4. The number of hydrogen-bond acceptors (Lipinski definition) is 3. The van der Waals surface area contributed by atoms with E-state index in [9.17, 15) is 0 Å². The molecule has 0 aliphatic heterocycles. The molecule has 15 heavy (non-hydrogen) atoms. The summed E-state index contributed by atoms with van der Waals surface area (Å²) in [6, 6.07) is 0. The van der Waals surface area contributed by atoms with Gasteiger partial charge in [-0.3, -0.25) is 5.01 Å². The molecule has 0 aromatic heterocycles. The zero-order valence-corrected chi connectivity index (χ0v) is 10.7. The van der Waals surface area contributed by atoms with Crippen LogP contribution < -0.4 is 0 Å². The summed E-state index contributed by atoms with van der Waals surface area (Å²) in [7, 11) is 4.01. The average Bonchev–Trinajstić information content (AvgIpc) is 2.25. The van der Waals surface area contributed by atoms with Crippen LogP contribution in [0.5, 0.6) is 0 Å². The minimum atomic E-state index is 0.951. The molecule has 0 bridgehead atoms. The first-order valence-corrected chi connectivity index (χ1v) is 5.61. The summed E-state index contributed by atoms with van der Waals surface area (Å²) in [6.45, 7) is 14.3. The fourth-order valence-electron chi connectivity index (χ4n) is 1.42. The predicted octanol–water partition coefficient (Wildman–Crippen LogP) is 2.50. The maximum absolute atomic E-state index is 4.05. The monoisotopic (exact) mass is 211 g/mol. The van der Waals surface area contributed by atoms with Gasteiger partial charge in [0.2, 0.25) is 0 Å². The van der Waals surface area contributed by atoms with Crippen molar-refractivity contribution in [3.63, 3.8) is 0 Å². The number of hydrogen-bond donors (Lipinski definition) is 0. The smallest absolute Gasteiger partial charge is 0.115 e. The first-order valence-electron chi connectivity index (χ1n) is 5.61. The van der Waals surface area contributed by atoms with Crippen molar-refractivity contribution in [2.24, 2.45) is 0 Å². The second-order valence-electron chi connectivity index (χ2n) is 3.69. The van der Waals surface area contributed by atoms with Gasteiger partial charge in [-0.25, -0.2) is 5.01 Å². The molecule has 0 saturated heterocycles. The summed E-state index contributed by atoms with van der Waals surface area (Å²) >= 11 is 0. The molecule has 0 spiro atoms. The van der Waals surface area contributed by atoms with E-state index in [1.165, 1.54) is 0 Å². The van der Waals surface area contributed by atoms with Crippen molar-refractivity contribution in [1.82, 2.24) is 14.9 Å². The molecule has 0 aliphatic carbocycles. The molecule has 0 atom stereocenters. The van der Waals surface area contributed by atoms with Gasteiger partial charge in [-0.15, -0.1) is 0 Å². The van der Waals surface area contributed by atoms with E-state index in [1.807, 2.05) is 19.0 Å². The normalized spacial score (nSPS) is 10.2. The van der Waals surface area contributed by atoms with Crippen LogP contribution in [0, 0.1) is 0 Å². The van der Waals surface area contributed by atoms with Gasteiger partial charge in [0.25, 0.3) is 0 Å². The molecular weight excluding hydrogens is 186 g/mol. The number of rotatable bonds is 8. The van der Waals surface area contributed by atoms with Crippen LogP contribution in [0.25, 0.3) is 0 Å². The first-order chi connectivity index (χ1) is 7.08. The first kappa shape index (κ1) is 14.0. The molecule has 0 aromatic carbocycles. The topological polar surface area (TPSA) is 9.72 Å². The molecule has 0 aromatic rings. The van der Waals surface area contributed by atoms with Crippen molar-refractivity contribution in [2.45, 2.75) is 26.7 Å². The highest BCUT2D eigenvalue weighted by atomic mass is 15.6. The van der Waals surface area contributed by atoms with E-state index in [-0.39, 0.29) is 0 Å². The van der Waals surface area contributed by atoms with Crippen LogP contribution in [0.1, 0.15) is 26.7 Å². The Kier molecular flexibility index (Phi) is 6.88. The molecule has 0 aliphatic rings. The van der Waals surface area contributed by atoms with Gasteiger partial charge in [0.05, 0.1) is 0 Å². The summed E-state index contributed by atoms with van der Waals surface area (Å²) in [4.78, 5) is 1.93. The molecule has 0 rings (SSSR count). The Balaban J connectivity index is 4.39. The minimum absolute atomic E-state index is 0.951. The zero-order chi connectivity index (χ0) is 11.8. The Morgan fingerprint density at radius 2 is 1.60 bits per heavy atom. The molecule has 88 valence electrons. The van der Waals surface area contributed by atoms with Crippen molar-refractivity contribution >= 4 is 0 Å². The SMILES string of the molecule is C=CN(C)C(=C)N(C)N(CCC)CCC. The van der Waals surface area contributed by atoms with Crippen LogP contribution in [-0.4, -0.2) is 42.1 Å². The fourth-order valence-corrected chi connectivity index (χ4v) is 1.42. The maximum atomic E-state index is 4.05. The van der Waals surface area contributed by atoms with Crippen molar-refractivity contribution in [2.75, 3.05) is 27.2 Å². The average molecular weight is 211 g/mol. The van der Waals surface area contributed by atoms with E-state index in [4.69, 9.17) is 0 Å². The Morgan fingerprint density at radius 3 is 1.93 bits per heavy atom. The Hall–Kier alpha value is -0.960. The Morgan fingerprint density at radius 1 is 1.13 bits per heavy atom. The quantitative estimate of drug-likeness (QED) is 0.571. The molecule has 3 heteroatoms. The van der Waals surface area contributed by atoms with Crippen molar-refractivity contribution in [3.05, 3.63) is 25.2 Å². The Bertz CT molecular complexity index is 195. The van der Waals surface area contributed by atoms with Gasteiger partial charge < -0.3 is 4.90 Å². The second-order valence-corrected chi connectivity index (χ2v) is 3.69. The van der Waals surface area contributed by atoms with Gasteiger partial charge in [0.15, 0.2) is 0 Å². The number of hydrazine groups is 1. The molecule has 0 saturated carbocycles. The lowest BCUT2D eigenvalue weighted by molar-refractivity contribution is 0.0136. The van der Waals surface area contributed by atoms with Crippen LogP contribution in [0.4, 0.5) is 0 Å². The van der Waals surface area contributed by atoms with E-state index in [2.05, 4.69) is 37.0 Å². The van der Waals surface area contributed by atoms with Gasteiger partial charge in [0.1, 0.15) is 5.82 Å². The lowest BCUT2D eigenvalue weighted by Crippen LogP contribution is -2.43. The summed E-state index contributed by atoms with van der Waals surface area (Å²) in [5.74, 6) is 0.951. The highest BCUT2D eigenvalue weighted by Gasteiger charge is 2.12. The molecule has 0 amide bonds. The van der Waals surface area contributed by atoms with Crippen LogP contribution in [-0.2, 0) is 0 Å². The molecule has 0 unspecified atom stereocenters. The van der Waals surface area contributed by atoms with Gasteiger partial charge in [-0.05, 0) is 19.0 Å². The highest BCUT2D eigenvalue weighted by Crippen LogP contribution is 2.09. The van der Waals surface area contributed by atoms with Gasteiger partial charge in [-0.1, -0.05) is 27.0 Å². The molecule has 0 fully saturated rings. The standard InChI is InChI=1S/C12H25N3/c1-7-10-15(11-8-2)14(6)12(4)13(5)9-3/h9H,3-4,7-8,10-11H2,1-2,5-6H3. The Labute approximate surface area is 94.6 Å². The van der Waals surface area contributed by atoms with Crippen molar-refractivity contribution in [1.29, 1.82) is 0 Å². The molecule has 0 radical (unpaired) electrons. The largest absolute Gasteiger partial charge is 0.338 e. The van der Waals surface area contributed by atoms with Crippen LogP contribution >= 0.6 is 0 Å². The molecule has 3 nitrogen and oxygen atoms in total. The molecule has 0 heterocycles. The highest BCUT2D eigenvalue weighted by molar-refractivity contribution is 4.94. The summed E-state index contributed by atoms with van der Waals surface area (Å²) in [5.41, 5.74) is 0. The van der Waals surface area contributed by atoms with Gasteiger partial charge in [-0.2, -0.15) is 0 Å². The molecule has 0 N–H and O–H groups in total. The van der Waals surface area contributed by atoms with Gasteiger partial charge >= 0.3 is 0 Å². The van der Waals surface area contributed by atoms with Crippen molar-refractivity contribution < 1.29 is 0 Å². The predicted molar refractivity (Wildman–Crippen MR) is 67.0 cm³/mol. The molecular formula is C12H25N3. The van der Waals surface area contributed by atoms with E-state index in [0.29, 0.717) is 0 Å². The zero-order valence-electron chi connectivity index (χ0n) is 10.7. The number of nitrogens with zero attached hydrogens (tertiary/aromatic N) is 3. The summed E-state index contributed by atoms with van der Waals surface area (Å²) in [5, 5.41) is 4.41. The fraction of sp³-hybridized carbons (Fsp3) is 0.667. The summed E-state index contributed by atoms with van der Waals surface area (Å²) < 4.78 is 0. The van der Waals surface area contributed by atoms with Crippen LogP contribution in [0.15, 0.2) is 25.2 Å². The third kappa shape index (κ3) is 4.38. The second kappa shape index (κ2) is 7.35. The van der Waals surface area contributed by atoms with Crippen LogP contribution in [0.2, 0.25) is 0 Å². The maximum Gasteiger partial charge on any atom is 0.115 e. The summed E-state index contributed by atoms with van der Waals surface area (Å²) in [6.07, 6.45) is 4.07. The third-order valence-electron chi connectivity index (χ3n) is 2.44.